The van der Waals surface area contributed by atoms with Crippen LogP contribution in [0.25, 0.3) is 10.8 Å². The summed E-state index contributed by atoms with van der Waals surface area (Å²) < 4.78 is 5.69. The molecule has 2 aromatic carbocycles. The highest BCUT2D eigenvalue weighted by molar-refractivity contribution is 7.13. The zero-order valence-corrected chi connectivity index (χ0v) is 14.8. The number of carbonyl (C=O) groups is 1. The molecule has 0 aliphatic heterocycles. The predicted molar refractivity (Wildman–Crippen MR) is 98.9 cm³/mol. The molecule has 0 bridgehead atoms. The molecule has 0 unspecified atom stereocenters. The van der Waals surface area contributed by atoms with Crippen molar-refractivity contribution in [2.45, 2.75) is 26.2 Å². The third-order valence-electron chi connectivity index (χ3n) is 3.63. The average Bonchev–Trinajstić information content (AvgIpc) is 3.01. The average molecular weight is 340 g/mol. The van der Waals surface area contributed by atoms with Gasteiger partial charge in [0.05, 0.1) is 5.69 Å². The van der Waals surface area contributed by atoms with Crippen molar-refractivity contribution in [1.29, 1.82) is 0 Å². The maximum absolute atomic E-state index is 12.1. The molecular formula is C19H20N2O2S. The molecular weight excluding hydrogens is 320 g/mol. The Balaban J connectivity index is 1.64. The highest BCUT2D eigenvalue weighted by Gasteiger charge is 2.18. The highest BCUT2D eigenvalue weighted by Crippen LogP contribution is 2.27. The van der Waals surface area contributed by atoms with Gasteiger partial charge in [-0.2, -0.15) is 0 Å². The van der Waals surface area contributed by atoms with Gasteiger partial charge in [-0.05, 0) is 11.5 Å². The number of fused-ring (bicyclic) bond motifs is 1. The molecule has 0 saturated carbocycles. The van der Waals surface area contributed by atoms with Crippen LogP contribution in [-0.2, 0) is 10.2 Å². The molecule has 1 amide bonds. The maximum atomic E-state index is 12.1. The maximum Gasteiger partial charge on any atom is 0.264 e. The molecule has 1 N–H and O–H groups in total. The number of rotatable bonds is 4. The first-order valence-corrected chi connectivity index (χ1v) is 8.68. The molecule has 4 nitrogen and oxygen atoms in total. The Kier molecular flexibility index (Phi) is 4.53. The summed E-state index contributed by atoms with van der Waals surface area (Å²) in [7, 11) is 0. The molecule has 24 heavy (non-hydrogen) atoms. The molecule has 0 aliphatic carbocycles. The molecule has 5 heteroatoms. The monoisotopic (exact) mass is 340 g/mol. The molecule has 1 aromatic heterocycles. The largest absolute Gasteiger partial charge is 0.483 e. The number of hydrogen-bond donors (Lipinski definition) is 1. The number of hydrogen-bond acceptors (Lipinski definition) is 4. The number of carbonyl (C=O) groups excluding carboxylic acids is 1. The van der Waals surface area contributed by atoms with E-state index in [-0.39, 0.29) is 17.9 Å². The summed E-state index contributed by atoms with van der Waals surface area (Å²) in [6.45, 7) is 6.24. The van der Waals surface area contributed by atoms with E-state index in [2.05, 4.69) is 31.1 Å². The lowest BCUT2D eigenvalue weighted by Gasteiger charge is -2.14. The summed E-state index contributed by atoms with van der Waals surface area (Å²) in [5.41, 5.74) is 0.941. The van der Waals surface area contributed by atoms with Crippen molar-refractivity contribution in [1.82, 2.24) is 4.98 Å². The second kappa shape index (κ2) is 6.61. The Morgan fingerprint density at radius 3 is 2.67 bits per heavy atom. The second-order valence-electron chi connectivity index (χ2n) is 6.60. The quantitative estimate of drug-likeness (QED) is 0.754. The minimum absolute atomic E-state index is 0.0288. The van der Waals surface area contributed by atoms with Crippen molar-refractivity contribution in [3.8, 4) is 5.75 Å². The van der Waals surface area contributed by atoms with Crippen molar-refractivity contribution < 1.29 is 9.53 Å². The molecule has 0 saturated heterocycles. The summed E-state index contributed by atoms with van der Waals surface area (Å²) >= 11 is 1.43. The standard InChI is InChI=1S/C19H20N2O2S/c1-19(2,3)16-12-24-18(20-16)21-17(22)11-23-15-10-6-8-13-7-4-5-9-14(13)15/h4-10,12H,11H2,1-3H3,(H,20,21,22). The van der Waals surface area contributed by atoms with Gasteiger partial charge in [-0.15, -0.1) is 11.3 Å². The SMILES string of the molecule is CC(C)(C)c1csc(NC(=O)COc2cccc3ccccc23)n1. The van der Waals surface area contributed by atoms with E-state index < -0.39 is 0 Å². The minimum Gasteiger partial charge on any atom is -0.483 e. The highest BCUT2D eigenvalue weighted by atomic mass is 32.1. The Hall–Kier alpha value is -2.40. The van der Waals surface area contributed by atoms with Gasteiger partial charge in [0, 0.05) is 16.2 Å². The lowest BCUT2D eigenvalue weighted by molar-refractivity contribution is -0.118. The van der Waals surface area contributed by atoms with Crippen molar-refractivity contribution in [3.63, 3.8) is 0 Å². The number of anilines is 1. The van der Waals surface area contributed by atoms with Crippen molar-refractivity contribution in [2.24, 2.45) is 0 Å². The van der Waals surface area contributed by atoms with E-state index in [9.17, 15) is 4.79 Å². The Bertz CT molecular complexity index is 860. The van der Waals surface area contributed by atoms with Gasteiger partial charge in [0.1, 0.15) is 5.75 Å². The van der Waals surface area contributed by atoms with Gasteiger partial charge in [-0.1, -0.05) is 57.2 Å². The second-order valence-corrected chi connectivity index (χ2v) is 7.46. The predicted octanol–water partition coefficient (Wildman–Crippen LogP) is 4.61. The fraction of sp³-hybridized carbons (Fsp3) is 0.263. The van der Waals surface area contributed by atoms with E-state index in [0.29, 0.717) is 10.9 Å². The molecule has 3 aromatic rings. The van der Waals surface area contributed by atoms with Crippen molar-refractivity contribution in [2.75, 3.05) is 11.9 Å². The van der Waals surface area contributed by atoms with Crippen LogP contribution < -0.4 is 10.1 Å². The zero-order valence-electron chi connectivity index (χ0n) is 14.0. The van der Waals surface area contributed by atoms with Gasteiger partial charge >= 0.3 is 0 Å². The van der Waals surface area contributed by atoms with E-state index in [1.165, 1.54) is 11.3 Å². The zero-order chi connectivity index (χ0) is 17.2. The number of nitrogens with zero attached hydrogens (tertiary/aromatic N) is 1. The van der Waals surface area contributed by atoms with Crippen LogP contribution in [-0.4, -0.2) is 17.5 Å². The molecule has 0 spiro atoms. The minimum atomic E-state index is -0.210. The van der Waals surface area contributed by atoms with Gasteiger partial charge in [-0.25, -0.2) is 4.98 Å². The van der Waals surface area contributed by atoms with Gasteiger partial charge in [0.15, 0.2) is 11.7 Å². The van der Waals surface area contributed by atoms with Crippen LogP contribution in [0, 0.1) is 0 Å². The normalized spacial score (nSPS) is 11.5. The van der Waals surface area contributed by atoms with E-state index in [1.807, 2.05) is 47.8 Å². The summed E-state index contributed by atoms with van der Waals surface area (Å²) in [6.07, 6.45) is 0. The van der Waals surface area contributed by atoms with Crippen LogP contribution >= 0.6 is 11.3 Å². The van der Waals surface area contributed by atoms with Crippen LogP contribution in [0.5, 0.6) is 5.75 Å². The lowest BCUT2D eigenvalue weighted by Crippen LogP contribution is -2.20. The fourth-order valence-corrected chi connectivity index (χ4v) is 3.25. The topological polar surface area (TPSA) is 51.2 Å². The Morgan fingerprint density at radius 2 is 1.92 bits per heavy atom. The van der Waals surface area contributed by atoms with Crippen LogP contribution in [0.2, 0.25) is 0 Å². The van der Waals surface area contributed by atoms with Crippen molar-refractivity contribution in [3.05, 3.63) is 53.5 Å². The molecule has 0 atom stereocenters. The molecule has 124 valence electrons. The van der Waals surface area contributed by atoms with Gasteiger partial charge in [-0.3, -0.25) is 10.1 Å². The number of aromatic nitrogens is 1. The summed E-state index contributed by atoms with van der Waals surface area (Å²) in [6, 6.07) is 13.8. The molecule has 3 rings (SSSR count). The Labute approximate surface area is 145 Å². The van der Waals surface area contributed by atoms with Crippen LogP contribution in [0.1, 0.15) is 26.5 Å². The first-order valence-electron chi connectivity index (χ1n) is 7.80. The fourth-order valence-electron chi connectivity index (χ4n) is 2.30. The van der Waals surface area contributed by atoms with Gasteiger partial charge in [0.25, 0.3) is 5.91 Å². The summed E-state index contributed by atoms with van der Waals surface area (Å²) in [5, 5.41) is 7.46. The first-order chi connectivity index (χ1) is 11.4. The van der Waals surface area contributed by atoms with Gasteiger partial charge < -0.3 is 4.74 Å². The summed E-state index contributed by atoms with van der Waals surface area (Å²) in [4.78, 5) is 16.6. The summed E-state index contributed by atoms with van der Waals surface area (Å²) in [5.74, 6) is 0.496. The Morgan fingerprint density at radius 1 is 1.17 bits per heavy atom. The number of benzene rings is 2. The molecule has 1 heterocycles. The van der Waals surface area contributed by atoms with Crippen LogP contribution in [0.3, 0.4) is 0 Å². The molecule has 0 aliphatic rings. The van der Waals surface area contributed by atoms with E-state index in [0.717, 1.165) is 16.5 Å². The third kappa shape index (κ3) is 3.74. The van der Waals surface area contributed by atoms with E-state index >= 15 is 0 Å². The molecule has 0 radical (unpaired) electrons. The number of ether oxygens (including phenoxy) is 1. The first kappa shape index (κ1) is 16.5. The third-order valence-corrected chi connectivity index (χ3v) is 4.39. The number of amides is 1. The smallest absolute Gasteiger partial charge is 0.264 e. The van der Waals surface area contributed by atoms with Crippen LogP contribution in [0.15, 0.2) is 47.8 Å². The van der Waals surface area contributed by atoms with E-state index in [4.69, 9.17) is 4.74 Å². The molecule has 0 fully saturated rings. The van der Waals surface area contributed by atoms with E-state index in [1.54, 1.807) is 0 Å². The van der Waals surface area contributed by atoms with Gasteiger partial charge in [0.2, 0.25) is 0 Å². The van der Waals surface area contributed by atoms with Crippen molar-refractivity contribution >= 4 is 33.1 Å². The number of thiazole rings is 1. The lowest BCUT2D eigenvalue weighted by atomic mass is 9.93. The number of nitrogens with one attached hydrogen (secondary N) is 1. The van der Waals surface area contributed by atoms with Crippen LogP contribution in [0.4, 0.5) is 5.13 Å².